The highest BCUT2D eigenvalue weighted by Crippen LogP contribution is 2.24. The minimum Gasteiger partial charge on any atom is -0.313 e. The van der Waals surface area contributed by atoms with E-state index in [1.165, 1.54) is 12.1 Å². The van der Waals surface area contributed by atoms with Crippen LogP contribution < -0.4 is 5.32 Å². The molecule has 0 spiro atoms. The van der Waals surface area contributed by atoms with Crippen LogP contribution in [0.3, 0.4) is 0 Å². The number of para-hydroxylation sites is 2. The fourth-order valence-electron chi connectivity index (χ4n) is 2.23. The van der Waals surface area contributed by atoms with E-state index in [1.807, 2.05) is 24.3 Å². The van der Waals surface area contributed by atoms with Crippen LogP contribution in [-0.2, 0) is 7.05 Å². The molecule has 0 fully saturated rings. The van der Waals surface area contributed by atoms with Gasteiger partial charge in [-0.05, 0) is 18.2 Å². The van der Waals surface area contributed by atoms with Gasteiger partial charge in [0.25, 0.3) is 11.6 Å². The summed E-state index contributed by atoms with van der Waals surface area (Å²) in [5.74, 6) is -0.117. The van der Waals surface area contributed by atoms with Gasteiger partial charge in [-0.15, -0.1) is 0 Å². The van der Waals surface area contributed by atoms with Gasteiger partial charge in [-0.1, -0.05) is 23.7 Å². The first-order valence-electron chi connectivity index (χ1n) is 6.64. The number of imidazole rings is 1. The van der Waals surface area contributed by atoms with Crippen LogP contribution in [0.25, 0.3) is 11.0 Å². The van der Waals surface area contributed by atoms with Crippen LogP contribution in [0.5, 0.6) is 0 Å². The number of hydrogen-bond acceptors (Lipinski definition) is 4. The summed E-state index contributed by atoms with van der Waals surface area (Å²) in [6, 6.07) is 11.1. The molecule has 1 N–H and O–H groups in total. The van der Waals surface area contributed by atoms with E-state index in [4.69, 9.17) is 11.6 Å². The molecule has 7 nitrogen and oxygen atoms in total. The number of hydrogen-bond donors (Lipinski definition) is 1. The highest BCUT2D eigenvalue weighted by molar-refractivity contribution is 6.34. The monoisotopic (exact) mass is 330 g/mol. The molecule has 3 rings (SSSR count). The van der Waals surface area contributed by atoms with E-state index in [2.05, 4.69) is 10.3 Å². The van der Waals surface area contributed by atoms with Crippen molar-refractivity contribution in [1.29, 1.82) is 0 Å². The molecule has 0 saturated carbocycles. The Morgan fingerprint density at radius 3 is 2.70 bits per heavy atom. The number of nitrogens with zero attached hydrogens (tertiary/aromatic N) is 3. The van der Waals surface area contributed by atoms with Crippen molar-refractivity contribution in [3.63, 3.8) is 0 Å². The number of anilines is 1. The molecule has 0 aliphatic heterocycles. The fourth-order valence-corrected chi connectivity index (χ4v) is 2.49. The van der Waals surface area contributed by atoms with Crippen LogP contribution in [0.1, 0.15) is 10.4 Å². The van der Waals surface area contributed by atoms with Crippen LogP contribution in [0.4, 0.5) is 11.6 Å². The summed E-state index contributed by atoms with van der Waals surface area (Å²) in [4.78, 5) is 26.8. The number of rotatable bonds is 3. The normalized spacial score (nSPS) is 10.7. The molecule has 1 amide bonds. The molecule has 0 aliphatic carbocycles. The lowest BCUT2D eigenvalue weighted by Crippen LogP contribution is -2.15. The fraction of sp³-hybridized carbons (Fsp3) is 0.0667. The summed E-state index contributed by atoms with van der Waals surface area (Å²) < 4.78 is 1.74. The van der Waals surface area contributed by atoms with Crippen molar-refractivity contribution < 1.29 is 9.72 Å². The summed E-state index contributed by atoms with van der Waals surface area (Å²) in [6.07, 6.45) is 0. The molecule has 0 unspecified atom stereocenters. The number of amides is 1. The average Bonchev–Trinajstić information content (AvgIpc) is 2.83. The number of aromatic nitrogens is 2. The number of fused-ring (bicyclic) bond motifs is 1. The molecule has 0 radical (unpaired) electrons. The van der Waals surface area contributed by atoms with Gasteiger partial charge in [0.15, 0.2) is 0 Å². The zero-order valence-electron chi connectivity index (χ0n) is 12.0. The van der Waals surface area contributed by atoms with Crippen LogP contribution >= 0.6 is 11.6 Å². The highest BCUT2D eigenvalue weighted by Gasteiger charge is 2.17. The predicted molar refractivity (Wildman–Crippen MR) is 86.8 cm³/mol. The lowest BCUT2D eigenvalue weighted by atomic mass is 10.2. The van der Waals surface area contributed by atoms with Crippen molar-refractivity contribution >= 4 is 40.2 Å². The van der Waals surface area contributed by atoms with E-state index in [1.54, 1.807) is 11.6 Å². The van der Waals surface area contributed by atoms with Gasteiger partial charge < -0.3 is 4.57 Å². The third-order valence-corrected chi connectivity index (χ3v) is 3.73. The first kappa shape index (κ1) is 15.0. The van der Waals surface area contributed by atoms with Gasteiger partial charge >= 0.3 is 0 Å². The first-order valence-corrected chi connectivity index (χ1v) is 7.02. The van der Waals surface area contributed by atoms with Crippen molar-refractivity contribution in [3.8, 4) is 0 Å². The maximum Gasteiger partial charge on any atom is 0.270 e. The Morgan fingerprint density at radius 2 is 2.04 bits per heavy atom. The Bertz CT molecular complexity index is 936. The summed E-state index contributed by atoms with van der Waals surface area (Å²) >= 11 is 5.96. The van der Waals surface area contributed by atoms with E-state index in [9.17, 15) is 14.9 Å². The minimum absolute atomic E-state index is 0.00969. The Balaban J connectivity index is 1.92. The van der Waals surface area contributed by atoms with Crippen LogP contribution in [0.15, 0.2) is 42.5 Å². The Hall–Kier alpha value is -2.93. The number of nitro groups is 1. The van der Waals surface area contributed by atoms with Crippen molar-refractivity contribution in [1.82, 2.24) is 9.55 Å². The SMILES string of the molecule is Cn1c(NC(=O)c2ccc([N+](=O)[O-])cc2Cl)nc2ccccc21. The van der Waals surface area contributed by atoms with Gasteiger partial charge in [0.2, 0.25) is 5.95 Å². The lowest BCUT2D eigenvalue weighted by Gasteiger charge is -2.06. The van der Waals surface area contributed by atoms with E-state index >= 15 is 0 Å². The summed E-state index contributed by atoms with van der Waals surface area (Å²) in [5.41, 5.74) is 1.59. The van der Waals surface area contributed by atoms with Crippen molar-refractivity contribution in [2.75, 3.05) is 5.32 Å². The number of nitrogens with one attached hydrogen (secondary N) is 1. The number of carbonyl (C=O) groups is 1. The second-order valence-electron chi connectivity index (χ2n) is 4.86. The molecule has 23 heavy (non-hydrogen) atoms. The van der Waals surface area contributed by atoms with Crippen LogP contribution in [0, 0.1) is 10.1 Å². The minimum atomic E-state index is -0.570. The van der Waals surface area contributed by atoms with Crippen LogP contribution in [0.2, 0.25) is 5.02 Å². The molecule has 1 heterocycles. The van der Waals surface area contributed by atoms with Gasteiger partial charge in [0.05, 0.1) is 26.5 Å². The van der Waals surface area contributed by atoms with Gasteiger partial charge in [0.1, 0.15) is 0 Å². The number of nitro benzene ring substituents is 1. The Morgan fingerprint density at radius 1 is 1.30 bits per heavy atom. The Labute approximate surface area is 135 Å². The quantitative estimate of drug-likeness (QED) is 0.588. The number of benzene rings is 2. The van der Waals surface area contributed by atoms with Crippen molar-refractivity contribution in [3.05, 3.63) is 63.2 Å². The molecule has 8 heteroatoms. The molecular formula is C15H11ClN4O3. The van der Waals surface area contributed by atoms with Gasteiger partial charge in [-0.25, -0.2) is 4.98 Å². The number of carbonyl (C=O) groups excluding carboxylic acids is 1. The number of halogens is 1. The maximum absolute atomic E-state index is 12.3. The molecule has 0 aliphatic rings. The summed E-state index contributed by atoms with van der Waals surface area (Å²) in [5, 5.41) is 13.4. The largest absolute Gasteiger partial charge is 0.313 e. The molecule has 0 saturated heterocycles. The molecular weight excluding hydrogens is 320 g/mol. The van der Waals surface area contributed by atoms with Gasteiger partial charge in [0, 0.05) is 19.2 Å². The number of non-ortho nitro benzene ring substituents is 1. The van der Waals surface area contributed by atoms with E-state index in [0.29, 0.717) is 5.95 Å². The van der Waals surface area contributed by atoms with Crippen molar-refractivity contribution in [2.24, 2.45) is 7.05 Å². The zero-order valence-corrected chi connectivity index (χ0v) is 12.7. The standard InChI is InChI=1S/C15H11ClN4O3/c1-19-13-5-3-2-4-12(13)17-15(19)18-14(21)10-7-6-9(20(22)23)8-11(10)16/h2-8H,1H3,(H,17,18,21). The van der Waals surface area contributed by atoms with Gasteiger partial charge in [-0.2, -0.15) is 0 Å². The van der Waals surface area contributed by atoms with Gasteiger partial charge in [-0.3, -0.25) is 20.2 Å². The third-order valence-electron chi connectivity index (χ3n) is 3.42. The topological polar surface area (TPSA) is 90.1 Å². The number of aryl methyl sites for hydroxylation is 1. The molecule has 116 valence electrons. The molecule has 2 aromatic carbocycles. The summed E-state index contributed by atoms with van der Waals surface area (Å²) in [6.45, 7) is 0. The molecule has 1 aromatic heterocycles. The zero-order chi connectivity index (χ0) is 16.6. The first-order chi connectivity index (χ1) is 11.0. The maximum atomic E-state index is 12.3. The second kappa shape index (κ2) is 5.69. The highest BCUT2D eigenvalue weighted by atomic mass is 35.5. The van der Waals surface area contributed by atoms with E-state index in [-0.39, 0.29) is 16.3 Å². The predicted octanol–water partition coefficient (Wildman–Crippen LogP) is 3.39. The van der Waals surface area contributed by atoms with Crippen molar-refractivity contribution in [2.45, 2.75) is 0 Å². The average molecular weight is 331 g/mol. The van der Waals surface area contributed by atoms with E-state index < -0.39 is 10.8 Å². The lowest BCUT2D eigenvalue weighted by molar-refractivity contribution is -0.384. The molecule has 0 atom stereocenters. The third kappa shape index (κ3) is 2.74. The summed E-state index contributed by atoms with van der Waals surface area (Å²) in [7, 11) is 1.78. The smallest absolute Gasteiger partial charge is 0.270 e. The molecule has 0 bridgehead atoms. The molecule has 3 aromatic rings. The Kier molecular flexibility index (Phi) is 3.71. The van der Waals surface area contributed by atoms with E-state index in [0.717, 1.165) is 17.1 Å². The van der Waals surface area contributed by atoms with Crippen LogP contribution in [-0.4, -0.2) is 20.4 Å². The second-order valence-corrected chi connectivity index (χ2v) is 5.27.